The molecule has 6 heteroatoms. The molecule has 1 amide bonds. The second kappa shape index (κ2) is 6.17. The Labute approximate surface area is 116 Å². The normalized spacial score (nSPS) is 22.0. The number of alkyl halides is 2. The molecule has 0 spiro atoms. The fourth-order valence-corrected chi connectivity index (χ4v) is 2.46. The van der Waals surface area contributed by atoms with Gasteiger partial charge in [0.1, 0.15) is 5.75 Å². The number of nitrogens with one attached hydrogen (secondary N) is 2. The molecule has 1 aliphatic rings. The Morgan fingerprint density at radius 1 is 1.55 bits per heavy atom. The molecular formula is C14H18F2N2O2. The fourth-order valence-electron chi connectivity index (χ4n) is 2.46. The van der Waals surface area contributed by atoms with Gasteiger partial charge in [0.25, 0.3) is 0 Å². The number of rotatable bonds is 5. The third-order valence-electron chi connectivity index (χ3n) is 3.60. The number of carbonyl (C=O) groups excluding carboxylic acids is 1. The molecule has 1 saturated heterocycles. The minimum Gasteiger partial charge on any atom is -0.435 e. The van der Waals surface area contributed by atoms with E-state index in [0.29, 0.717) is 12.1 Å². The van der Waals surface area contributed by atoms with Crippen molar-refractivity contribution in [1.82, 2.24) is 5.32 Å². The van der Waals surface area contributed by atoms with Crippen LogP contribution in [0.2, 0.25) is 0 Å². The van der Waals surface area contributed by atoms with Crippen LogP contribution in [0.5, 0.6) is 5.75 Å². The van der Waals surface area contributed by atoms with E-state index in [9.17, 15) is 13.6 Å². The fraction of sp³-hybridized carbons (Fsp3) is 0.500. The van der Waals surface area contributed by atoms with Crippen molar-refractivity contribution >= 4 is 11.6 Å². The summed E-state index contributed by atoms with van der Waals surface area (Å²) in [6.45, 7) is -0.108. The van der Waals surface area contributed by atoms with Gasteiger partial charge >= 0.3 is 6.61 Å². The first-order valence-corrected chi connectivity index (χ1v) is 6.67. The zero-order valence-corrected chi connectivity index (χ0v) is 11.3. The third kappa shape index (κ3) is 3.25. The molecule has 4 nitrogen and oxygen atoms in total. The average Bonchev–Trinajstić information content (AvgIpc) is 2.88. The molecule has 1 heterocycles. The lowest BCUT2D eigenvalue weighted by Gasteiger charge is -2.26. The number of benzene rings is 1. The van der Waals surface area contributed by atoms with Crippen LogP contribution >= 0.6 is 0 Å². The highest BCUT2D eigenvalue weighted by Crippen LogP contribution is 2.26. The maximum Gasteiger partial charge on any atom is 0.387 e. The van der Waals surface area contributed by atoms with Gasteiger partial charge in [-0.25, -0.2) is 0 Å². The van der Waals surface area contributed by atoms with Crippen LogP contribution in [0.25, 0.3) is 0 Å². The van der Waals surface area contributed by atoms with E-state index in [1.165, 1.54) is 12.1 Å². The van der Waals surface area contributed by atoms with Gasteiger partial charge in [-0.2, -0.15) is 8.78 Å². The monoisotopic (exact) mass is 284 g/mol. The summed E-state index contributed by atoms with van der Waals surface area (Å²) in [5.41, 5.74) is -0.103. The second-order valence-corrected chi connectivity index (χ2v) is 4.83. The lowest BCUT2D eigenvalue weighted by atomic mass is 9.93. The summed E-state index contributed by atoms with van der Waals surface area (Å²) in [6, 6.07) is 6.02. The van der Waals surface area contributed by atoms with Gasteiger partial charge in [0.15, 0.2) is 0 Å². The van der Waals surface area contributed by atoms with E-state index in [1.54, 1.807) is 12.1 Å². The molecule has 1 aliphatic heterocycles. The predicted octanol–water partition coefficient (Wildman–Crippen LogP) is 2.76. The Morgan fingerprint density at radius 2 is 2.35 bits per heavy atom. The first-order valence-electron chi connectivity index (χ1n) is 6.67. The van der Waals surface area contributed by atoms with E-state index in [0.717, 1.165) is 19.4 Å². The number of halogens is 2. The van der Waals surface area contributed by atoms with Gasteiger partial charge in [0.2, 0.25) is 5.91 Å². The number of carbonyl (C=O) groups is 1. The summed E-state index contributed by atoms with van der Waals surface area (Å²) in [6.07, 6.45) is 2.42. The van der Waals surface area contributed by atoms with E-state index < -0.39 is 12.2 Å². The Hall–Kier alpha value is -1.69. The maximum atomic E-state index is 12.3. The van der Waals surface area contributed by atoms with E-state index in [1.807, 2.05) is 6.92 Å². The van der Waals surface area contributed by atoms with Gasteiger partial charge in [-0.1, -0.05) is 13.0 Å². The minimum atomic E-state index is -2.88. The van der Waals surface area contributed by atoms with Crippen LogP contribution in [-0.2, 0) is 4.79 Å². The molecule has 0 radical (unpaired) electrons. The molecule has 1 atom stereocenters. The summed E-state index contributed by atoms with van der Waals surface area (Å²) >= 11 is 0. The van der Waals surface area contributed by atoms with Crippen molar-refractivity contribution in [2.24, 2.45) is 0 Å². The van der Waals surface area contributed by atoms with Gasteiger partial charge in [-0.3, -0.25) is 4.79 Å². The Balaban J connectivity index is 2.07. The van der Waals surface area contributed by atoms with Crippen LogP contribution in [0.3, 0.4) is 0 Å². The molecule has 2 N–H and O–H groups in total. The molecule has 0 saturated carbocycles. The number of anilines is 1. The topological polar surface area (TPSA) is 50.4 Å². The molecule has 0 bridgehead atoms. The SMILES string of the molecule is CCC1(C(=O)Nc2cccc(OC(F)F)c2)CCCN1. The lowest BCUT2D eigenvalue weighted by Crippen LogP contribution is -2.50. The number of amides is 1. The van der Waals surface area contributed by atoms with E-state index in [-0.39, 0.29) is 11.7 Å². The van der Waals surface area contributed by atoms with Crippen LogP contribution in [0.4, 0.5) is 14.5 Å². The second-order valence-electron chi connectivity index (χ2n) is 4.83. The third-order valence-corrected chi connectivity index (χ3v) is 3.60. The molecular weight excluding hydrogens is 266 g/mol. The summed E-state index contributed by atoms with van der Waals surface area (Å²) in [5, 5.41) is 5.99. The highest BCUT2D eigenvalue weighted by molar-refractivity contribution is 5.98. The first-order chi connectivity index (χ1) is 9.55. The summed E-state index contributed by atoms with van der Waals surface area (Å²) in [4.78, 5) is 12.3. The summed E-state index contributed by atoms with van der Waals surface area (Å²) in [5.74, 6) is -0.102. The molecule has 1 aromatic rings. The van der Waals surface area contributed by atoms with E-state index >= 15 is 0 Å². The zero-order chi connectivity index (χ0) is 14.6. The molecule has 2 rings (SSSR count). The van der Waals surface area contributed by atoms with Crippen molar-refractivity contribution in [2.45, 2.75) is 38.3 Å². The number of hydrogen-bond donors (Lipinski definition) is 2. The number of ether oxygens (including phenoxy) is 1. The average molecular weight is 284 g/mol. The molecule has 0 aliphatic carbocycles. The first kappa shape index (κ1) is 14.7. The van der Waals surface area contributed by atoms with Gasteiger partial charge in [-0.05, 0) is 37.9 Å². The van der Waals surface area contributed by atoms with Crippen molar-refractivity contribution in [1.29, 1.82) is 0 Å². The predicted molar refractivity (Wildman–Crippen MR) is 72.0 cm³/mol. The minimum absolute atomic E-state index is 0.0303. The lowest BCUT2D eigenvalue weighted by molar-refractivity contribution is -0.122. The van der Waals surface area contributed by atoms with E-state index in [2.05, 4.69) is 15.4 Å². The molecule has 0 aromatic heterocycles. The van der Waals surface area contributed by atoms with Gasteiger partial charge in [0.05, 0.1) is 5.54 Å². The molecule has 20 heavy (non-hydrogen) atoms. The summed E-state index contributed by atoms with van der Waals surface area (Å²) in [7, 11) is 0. The smallest absolute Gasteiger partial charge is 0.387 e. The van der Waals surface area contributed by atoms with Crippen LogP contribution in [0, 0.1) is 0 Å². The van der Waals surface area contributed by atoms with Gasteiger partial charge < -0.3 is 15.4 Å². The van der Waals surface area contributed by atoms with Crippen molar-refractivity contribution in [3.63, 3.8) is 0 Å². The zero-order valence-electron chi connectivity index (χ0n) is 11.3. The standard InChI is InChI=1S/C14H18F2N2O2/c1-2-14(7-4-8-17-14)12(19)18-10-5-3-6-11(9-10)20-13(15)16/h3,5-6,9,13,17H,2,4,7-8H2,1H3,(H,18,19). The van der Waals surface area contributed by atoms with Gasteiger partial charge in [-0.15, -0.1) is 0 Å². The highest BCUT2D eigenvalue weighted by atomic mass is 19.3. The highest BCUT2D eigenvalue weighted by Gasteiger charge is 2.39. The summed E-state index contributed by atoms with van der Waals surface area (Å²) < 4.78 is 28.6. The van der Waals surface area contributed by atoms with Crippen molar-refractivity contribution < 1.29 is 18.3 Å². The van der Waals surface area contributed by atoms with Crippen molar-refractivity contribution in [3.8, 4) is 5.75 Å². The Morgan fingerprint density at radius 3 is 2.95 bits per heavy atom. The number of hydrogen-bond acceptors (Lipinski definition) is 3. The maximum absolute atomic E-state index is 12.3. The van der Waals surface area contributed by atoms with Gasteiger partial charge in [0, 0.05) is 11.8 Å². The van der Waals surface area contributed by atoms with E-state index in [4.69, 9.17) is 0 Å². The molecule has 110 valence electrons. The van der Waals surface area contributed by atoms with Crippen LogP contribution in [0.1, 0.15) is 26.2 Å². The molecule has 1 aromatic carbocycles. The Kier molecular flexibility index (Phi) is 4.54. The molecule has 1 unspecified atom stereocenters. The van der Waals surface area contributed by atoms with Crippen molar-refractivity contribution in [2.75, 3.05) is 11.9 Å². The largest absolute Gasteiger partial charge is 0.435 e. The van der Waals surface area contributed by atoms with Crippen molar-refractivity contribution in [3.05, 3.63) is 24.3 Å². The Bertz CT molecular complexity index is 474. The quantitative estimate of drug-likeness (QED) is 0.874. The van der Waals surface area contributed by atoms with Crippen LogP contribution in [0.15, 0.2) is 24.3 Å². The molecule has 1 fully saturated rings. The van der Waals surface area contributed by atoms with Crippen LogP contribution in [-0.4, -0.2) is 24.6 Å². The van der Waals surface area contributed by atoms with Crippen LogP contribution < -0.4 is 15.4 Å².